The summed E-state index contributed by atoms with van der Waals surface area (Å²) in [5, 5.41) is 3.01. The molecule has 0 saturated heterocycles. The van der Waals surface area contributed by atoms with Crippen molar-refractivity contribution in [2.45, 2.75) is 20.8 Å². The van der Waals surface area contributed by atoms with Gasteiger partial charge in [-0.15, -0.1) is 0 Å². The molecule has 0 spiro atoms. The molecule has 0 atom stereocenters. The lowest BCUT2D eigenvalue weighted by Crippen LogP contribution is -2.21. The van der Waals surface area contributed by atoms with E-state index in [0.717, 1.165) is 9.64 Å². The summed E-state index contributed by atoms with van der Waals surface area (Å²) in [5.74, 6) is 0. The van der Waals surface area contributed by atoms with Crippen LogP contribution in [0.2, 0.25) is 0 Å². The molecule has 0 aliphatic rings. The first-order valence-electron chi connectivity index (χ1n) is 6.72. The second kappa shape index (κ2) is 9.18. The second-order valence-electron chi connectivity index (χ2n) is 4.06. The van der Waals surface area contributed by atoms with E-state index in [-0.39, 0.29) is 0 Å². The molecular formula is C14H21N3S3. The minimum atomic E-state index is 0.703. The number of nitrogens with zero attached hydrogens (tertiary/aromatic N) is 2. The molecule has 1 N–H and O–H groups in total. The molecule has 3 nitrogen and oxygen atoms in total. The highest BCUT2D eigenvalue weighted by molar-refractivity contribution is 7.75. The number of hydrogen-bond acceptors (Lipinski definition) is 4. The Hall–Kier alpha value is -0.820. The van der Waals surface area contributed by atoms with Gasteiger partial charge < -0.3 is 4.90 Å². The van der Waals surface area contributed by atoms with E-state index in [1.165, 1.54) is 31.0 Å². The molecule has 20 heavy (non-hydrogen) atoms. The van der Waals surface area contributed by atoms with E-state index in [0.29, 0.717) is 3.95 Å². The van der Waals surface area contributed by atoms with Crippen molar-refractivity contribution in [2.75, 3.05) is 19.6 Å². The van der Waals surface area contributed by atoms with Crippen LogP contribution in [0.15, 0.2) is 30.3 Å². The maximum atomic E-state index is 5.14. The molecule has 6 heteroatoms. The van der Waals surface area contributed by atoms with Crippen molar-refractivity contribution in [3.63, 3.8) is 0 Å². The molecule has 0 radical (unpaired) electrons. The molecule has 1 aromatic carbocycles. The normalized spacial score (nSPS) is 10.2. The van der Waals surface area contributed by atoms with Gasteiger partial charge in [0.2, 0.25) is 0 Å². The third kappa shape index (κ3) is 5.28. The van der Waals surface area contributed by atoms with Crippen LogP contribution < -0.4 is 0 Å². The quantitative estimate of drug-likeness (QED) is 0.825. The fourth-order valence-electron chi connectivity index (χ4n) is 1.70. The maximum absolute atomic E-state index is 5.14. The Balaban J connectivity index is 0.000000246. The van der Waals surface area contributed by atoms with Gasteiger partial charge in [-0.1, -0.05) is 50.3 Å². The van der Waals surface area contributed by atoms with Gasteiger partial charge in [0, 0.05) is 0 Å². The standard InChI is InChI=1S/C8H6N2S3.C6H15N/c11-7-9-10(8(12)13-7)6-4-2-1-3-5-6;1-4-7(5-2)6-3/h1-5H,(H,9,11);4-6H2,1-3H3. The molecule has 2 aromatic rings. The number of aromatic nitrogens is 2. The van der Waals surface area contributed by atoms with Crippen molar-refractivity contribution in [3.8, 4) is 5.69 Å². The van der Waals surface area contributed by atoms with Crippen molar-refractivity contribution >= 4 is 35.8 Å². The molecule has 1 aromatic heterocycles. The Morgan fingerprint density at radius 3 is 1.95 bits per heavy atom. The first-order valence-corrected chi connectivity index (χ1v) is 8.35. The van der Waals surface area contributed by atoms with Crippen LogP contribution in [-0.4, -0.2) is 34.3 Å². The predicted octanol–water partition coefficient (Wildman–Crippen LogP) is 4.67. The topological polar surface area (TPSA) is 24.0 Å². The number of aromatic amines is 1. The number of para-hydroxylation sites is 1. The van der Waals surface area contributed by atoms with Crippen molar-refractivity contribution in [1.82, 2.24) is 14.7 Å². The highest BCUT2D eigenvalue weighted by Crippen LogP contribution is 2.10. The highest BCUT2D eigenvalue weighted by Gasteiger charge is 1.96. The molecule has 110 valence electrons. The lowest BCUT2D eigenvalue weighted by atomic mass is 10.3. The van der Waals surface area contributed by atoms with E-state index in [1.54, 1.807) is 0 Å². The molecule has 0 saturated carbocycles. The summed E-state index contributed by atoms with van der Waals surface area (Å²) >= 11 is 11.5. The third-order valence-corrected chi connectivity index (χ3v) is 4.33. The Bertz CT molecular complexity index is 588. The Kier molecular flexibility index (Phi) is 7.91. The first kappa shape index (κ1) is 17.2. The Morgan fingerprint density at radius 1 is 1.05 bits per heavy atom. The largest absolute Gasteiger partial charge is 0.304 e. The number of nitrogens with one attached hydrogen (secondary N) is 1. The second-order valence-corrected chi connectivity index (χ2v) is 6.37. The van der Waals surface area contributed by atoms with E-state index < -0.39 is 0 Å². The van der Waals surface area contributed by atoms with E-state index in [1.807, 2.05) is 35.0 Å². The fourth-order valence-corrected chi connectivity index (χ4v) is 3.13. The van der Waals surface area contributed by atoms with Gasteiger partial charge in [0.25, 0.3) is 0 Å². The highest BCUT2D eigenvalue weighted by atomic mass is 32.2. The summed E-state index contributed by atoms with van der Waals surface area (Å²) in [4.78, 5) is 2.38. The monoisotopic (exact) mass is 327 g/mol. The lowest BCUT2D eigenvalue weighted by Gasteiger charge is -2.13. The number of hydrogen-bond donors (Lipinski definition) is 1. The molecule has 1 heterocycles. The molecule has 0 aliphatic heterocycles. The third-order valence-electron chi connectivity index (χ3n) is 2.92. The van der Waals surface area contributed by atoms with Crippen LogP contribution in [0.5, 0.6) is 0 Å². The number of benzene rings is 1. The van der Waals surface area contributed by atoms with E-state index >= 15 is 0 Å². The van der Waals surface area contributed by atoms with Crippen LogP contribution in [0.1, 0.15) is 20.8 Å². The number of rotatable bonds is 4. The molecular weight excluding hydrogens is 306 g/mol. The van der Waals surface area contributed by atoms with Crippen LogP contribution in [0, 0.1) is 7.91 Å². The average molecular weight is 328 g/mol. The van der Waals surface area contributed by atoms with Gasteiger partial charge in [0.05, 0.1) is 5.69 Å². The Labute approximate surface area is 134 Å². The summed E-state index contributed by atoms with van der Waals surface area (Å²) < 4.78 is 3.26. The molecule has 0 aliphatic carbocycles. The summed E-state index contributed by atoms with van der Waals surface area (Å²) in [6, 6.07) is 9.85. The van der Waals surface area contributed by atoms with Crippen LogP contribution >= 0.6 is 35.8 Å². The molecule has 2 rings (SSSR count). The smallest absolute Gasteiger partial charge is 0.183 e. The lowest BCUT2D eigenvalue weighted by molar-refractivity contribution is 0.321. The van der Waals surface area contributed by atoms with Gasteiger partial charge in [0.15, 0.2) is 7.91 Å². The van der Waals surface area contributed by atoms with Crippen LogP contribution in [0.25, 0.3) is 5.69 Å². The van der Waals surface area contributed by atoms with Crippen LogP contribution in [-0.2, 0) is 0 Å². The van der Waals surface area contributed by atoms with Gasteiger partial charge in [-0.2, -0.15) is 0 Å². The summed E-state index contributed by atoms with van der Waals surface area (Å²) in [6.07, 6.45) is 0. The number of H-pyrrole nitrogens is 1. The van der Waals surface area contributed by atoms with Crippen molar-refractivity contribution in [1.29, 1.82) is 0 Å². The van der Waals surface area contributed by atoms with Gasteiger partial charge >= 0.3 is 0 Å². The zero-order valence-electron chi connectivity index (χ0n) is 12.1. The predicted molar refractivity (Wildman–Crippen MR) is 93.1 cm³/mol. The van der Waals surface area contributed by atoms with E-state index in [9.17, 15) is 0 Å². The van der Waals surface area contributed by atoms with Crippen molar-refractivity contribution < 1.29 is 0 Å². The summed E-state index contributed by atoms with van der Waals surface area (Å²) in [5.41, 5.74) is 1.01. The Morgan fingerprint density at radius 2 is 1.60 bits per heavy atom. The zero-order valence-corrected chi connectivity index (χ0v) is 14.6. The molecule has 0 unspecified atom stereocenters. The van der Waals surface area contributed by atoms with Crippen LogP contribution in [0.4, 0.5) is 0 Å². The molecule has 0 bridgehead atoms. The fraction of sp³-hybridized carbons (Fsp3) is 0.429. The van der Waals surface area contributed by atoms with Crippen LogP contribution in [0.3, 0.4) is 0 Å². The summed E-state index contributed by atoms with van der Waals surface area (Å²) in [6.45, 7) is 10.1. The summed E-state index contributed by atoms with van der Waals surface area (Å²) in [7, 11) is 0. The van der Waals surface area contributed by atoms with Crippen molar-refractivity contribution in [3.05, 3.63) is 38.2 Å². The van der Waals surface area contributed by atoms with Gasteiger partial charge in [-0.05, 0) is 56.2 Å². The SMILES string of the molecule is CCN(CC)CC.S=c1[nH]n(-c2ccccc2)c(=S)s1. The van der Waals surface area contributed by atoms with Gasteiger partial charge in [-0.3, -0.25) is 5.10 Å². The minimum Gasteiger partial charge on any atom is -0.304 e. The van der Waals surface area contributed by atoms with Gasteiger partial charge in [0.1, 0.15) is 0 Å². The average Bonchev–Trinajstić information content (AvgIpc) is 2.81. The molecule has 0 fully saturated rings. The maximum Gasteiger partial charge on any atom is 0.183 e. The van der Waals surface area contributed by atoms with E-state index in [2.05, 4.69) is 30.8 Å². The molecule has 0 amide bonds. The van der Waals surface area contributed by atoms with Crippen molar-refractivity contribution in [2.24, 2.45) is 0 Å². The zero-order chi connectivity index (χ0) is 15.0. The van der Waals surface area contributed by atoms with E-state index in [4.69, 9.17) is 24.4 Å². The first-order chi connectivity index (χ1) is 9.62. The minimum absolute atomic E-state index is 0.703. The van der Waals surface area contributed by atoms with Gasteiger partial charge in [-0.25, -0.2) is 4.68 Å².